The van der Waals surface area contributed by atoms with Crippen molar-refractivity contribution in [2.75, 3.05) is 24.3 Å². The summed E-state index contributed by atoms with van der Waals surface area (Å²) in [5, 5.41) is 9.87. The highest BCUT2D eigenvalue weighted by atomic mass is 32.1. The molecular weight excluding hydrogens is 402 g/mol. The molecule has 0 spiro atoms. The van der Waals surface area contributed by atoms with Gasteiger partial charge in [-0.3, -0.25) is 14.4 Å². The molecule has 3 aromatic rings. The van der Waals surface area contributed by atoms with E-state index in [-0.39, 0.29) is 18.4 Å². The molecule has 7 nitrogen and oxygen atoms in total. The molecule has 0 aliphatic rings. The van der Waals surface area contributed by atoms with E-state index >= 15 is 0 Å². The molecule has 0 bridgehead atoms. The molecular formula is C22H21N3O4S. The minimum Gasteiger partial charge on any atom is -0.495 e. The van der Waals surface area contributed by atoms with Crippen molar-refractivity contribution in [3.63, 3.8) is 0 Å². The number of thiophene rings is 1. The lowest BCUT2D eigenvalue weighted by atomic mass is 10.2. The molecule has 8 heteroatoms. The standard InChI is InChI=1S/C22H21N3O4S/c1-14-8-9-18(29-2)17(11-14)25-20(26)13-23-21(27)15-5-3-6-16(12-15)24-22(28)19-7-4-10-30-19/h3-12H,13H2,1-2H3,(H,23,27)(H,24,28)(H,25,26). The molecule has 3 N–H and O–H groups in total. The largest absolute Gasteiger partial charge is 0.495 e. The van der Waals surface area contributed by atoms with Crippen LogP contribution in [-0.2, 0) is 4.79 Å². The van der Waals surface area contributed by atoms with Crippen LogP contribution in [-0.4, -0.2) is 31.4 Å². The third kappa shape index (κ3) is 5.45. The zero-order chi connectivity index (χ0) is 21.5. The first-order valence-corrected chi connectivity index (χ1v) is 10.0. The first-order valence-electron chi connectivity index (χ1n) is 9.14. The number of methoxy groups -OCH3 is 1. The first-order chi connectivity index (χ1) is 14.5. The van der Waals surface area contributed by atoms with Crippen molar-refractivity contribution in [3.05, 3.63) is 76.0 Å². The number of anilines is 2. The molecule has 2 aromatic carbocycles. The lowest BCUT2D eigenvalue weighted by Crippen LogP contribution is -2.33. The number of hydrogen-bond acceptors (Lipinski definition) is 5. The molecule has 154 valence electrons. The summed E-state index contributed by atoms with van der Waals surface area (Å²) in [4.78, 5) is 37.4. The highest BCUT2D eigenvalue weighted by Gasteiger charge is 2.12. The van der Waals surface area contributed by atoms with Crippen molar-refractivity contribution in [2.45, 2.75) is 6.92 Å². The Bertz CT molecular complexity index is 1060. The molecule has 0 saturated heterocycles. The fraction of sp³-hybridized carbons (Fsp3) is 0.136. The molecule has 0 aliphatic heterocycles. The van der Waals surface area contributed by atoms with E-state index in [0.717, 1.165) is 5.56 Å². The monoisotopic (exact) mass is 423 g/mol. The van der Waals surface area contributed by atoms with Crippen molar-refractivity contribution in [1.82, 2.24) is 5.32 Å². The van der Waals surface area contributed by atoms with Crippen LogP contribution in [0, 0.1) is 6.92 Å². The summed E-state index contributed by atoms with van der Waals surface area (Å²) in [6.45, 7) is 1.70. The molecule has 0 unspecified atom stereocenters. The molecule has 0 saturated carbocycles. The van der Waals surface area contributed by atoms with Gasteiger partial charge in [0.25, 0.3) is 11.8 Å². The Morgan fingerprint density at radius 1 is 0.967 bits per heavy atom. The van der Waals surface area contributed by atoms with E-state index in [9.17, 15) is 14.4 Å². The second-order valence-electron chi connectivity index (χ2n) is 6.45. The minimum absolute atomic E-state index is 0.207. The summed E-state index contributed by atoms with van der Waals surface area (Å²) in [7, 11) is 1.52. The fourth-order valence-electron chi connectivity index (χ4n) is 2.72. The van der Waals surface area contributed by atoms with Gasteiger partial charge in [-0.05, 0) is 54.3 Å². The third-order valence-electron chi connectivity index (χ3n) is 4.17. The maximum Gasteiger partial charge on any atom is 0.265 e. The number of carbonyl (C=O) groups excluding carboxylic acids is 3. The Kier molecular flexibility index (Phi) is 6.82. The number of rotatable bonds is 7. The highest BCUT2D eigenvalue weighted by Crippen LogP contribution is 2.25. The van der Waals surface area contributed by atoms with Crippen LogP contribution >= 0.6 is 11.3 Å². The Morgan fingerprint density at radius 3 is 2.53 bits per heavy atom. The highest BCUT2D eigenvalue weighted by molar-refractivity contribution is 7.12. The summed E-state index contributed by atoms with van der Waals surface area (Å²) < 4.78 is 5.23. The van der Waals surface area contributed by atoms with Gasteiger partial charge >= 0.3 is 0 Å². The van der Waals surface area contributed by atoms with Crippen LogP contribution < -0.4 is 20.7 Å². The molecule has 0 radical (unpaired) electrons. The van der Waals surface area contributed by atoms with Crippen LogP contribution in [0.5, 0.6) is 5.75 Å². The van der Waals surface area contributed by atoms with Crippen LogP contribution in [0.3, 0.4) is 0 Å². The van der Waals surface area contributed by atoms with Crippen molar-refractivity contribution < 1.29 is 19.1 Å². The van der Waals surface area contributed by atoms with E-state index in [1.807, 2.05) is 18.4 Å². The smallest absolute Gasteiger partial charge is 0.265 e. The van der Waals surface area contributed by atoms with Gasteiger partial charge in [-0.15, -0.1) is 11.3 Å². The SMILES string of the molecule is COc1ccc(C)cc1NC(=O)CNC(=O)c1cccc(NC(=O)c2cccs2)c1. The summed E-state index contributed by atoms with van der Waals surface area (Å²) in [6.07, 6.45) is 0. The van der Waals surface area contributed by atoms with Gasteiger partial charge in [0, 0.05) is 11.3 Å². The number of ether oxygens (including phenoxy) is 1. The average molecular weight is 423 g/mol. The average Bonchev–Trinajstić information content (AvgIpc) is 3.27. The second-order valence-corrected chi connectivity index (χ2v) is 7.39. The van der Waals surface area contributed by atoms with E-state index in [4.69, 9.17) is 4.74 Å². The van der Waals surface area contributed by atoms with Crippen LogP contribution in [0.1, 0.15) is 25.6 Å². The summed E-state index contributed by atoms with van der Waals surface area (Å²) in [5.41, 5.74) is 2.33. The maximum atomic E-state index is 12.4. The Balaban J connectivity index is 1.58. The molecule has 0 aliphatic carbocycles. The van der Waals surface area contributed by atoms with Gasteiger partial charge in [0.05, 0.1) is 24.2 Å². The molecule has 1 aromatic heterocycles. The van der Waals surface area contributed by atoms with Crippen LogP contribution in [0.25, 0.3) is 0 Å². The molecule has 3 rings (SSSR count). The predicted molar refractivity (Wildman–Crippen MR) is 117 cm³/mol. The Hall–Kier alpha value is -3.65. The van der Waals surface area contributed by atoms with Gasteiger partial charge in [0.2, 0.25) is 5.91 Å². The van der Waals surface area contributed by atoms with Crippen molar-refractivity contribution in [1.29, 1.82) is 0 Å². The summed E-state index contributed by atoms with van der Waals surface area (Å²) >= 11 is 1.33. The van der Waals surface area contributed by atoms with E-state index in [1.54, 1.807) is 48.5 Å². The van der Waals surface area contributed by atoms with Gasteiger partial charge in [-0.25, -0.2) is 0 Å². The number of carbonyl (C=O) groups is 3. The van der Waals surface area contributed by atoms with E-state index in [2.05, 4.69) is 16.0 Å². The number of hydrogen-bond donors (Lipinski definition) is 3. The first kappa shape index (κ1) is 21.1. The summed E-state index contributed by atoms with van der Waals surface area (Å²) in [5.74, 6) is -0.508. The molecule has 1 heterocycles. The maximum absolute atomic E-state index is 12.4. The number of aryl methyl sites for hydroxylation is 1. The predicted octanol–water partition coefficient (Wildman–Crippen LogP) is 3.69. The zero-order valence-corrected chi connectivity index (χ0v) is 17.3. The Morgan fingerprint density at radius 2 is 1.80 bits per heavy atom. The van der Waals surface area contributed by atoms with Gasteiger partial charge in [-0.2, -0.15) is 0 Å². The minimum atomic E-state index is -0.423. The summed E-state index contributed by atoms with van der Waals surface area (Å²) in [6, 6.07) is 15.5. The van der Waals surface area contributed by atoms with Gasteiger partial charge in [0.1, 0.15) is 5.75 Å². The van der Waals surface area contributed by atoms with E-state index in [0.29, 0.717) is 27.6 Å². The number of amides is 3. The second kappa shape index (κ2) is 9.71. The van der Waals surface area contributed by atoms with Crippen LogP contribution in [0.4, 0.5) is 11.4 Å². The van der Waals surface area contributed by atoms with E-state index < -0.39 is 5.91 Å². The van der Waals surface area contributed by atoms with E-state index in [1.165, 1.54) is 18.4 Å². The van der Waals surface area contributed by atoms with Gasteiger partial charge in [0.15, 0.2) is 0 Å². The van der Waals surface area contributed by atoms with Gasteiger partial charge < -0.3 is 20.7 Å². The normalized spacial score (nSPS) is 10.2. The third-order valence-corrected chi connectivity index (χ3v) is 5.03. The molecule has 0 fully saturated rings. The Labute approximate surface area is 178 Å². The van der Waals surface area contributed by atoms with Crippen molar-refractivity contribution >= 4 is 40.4 Å². The van der Waals surface area contributed by atoms with Crippen molar-refractivity contribution in [3.8, 4) is 5.75 Å². The molecule has 0 atom stereocenters. The van der Waals surface area contributed by atoms with Gasteiger partial charge in [-0.1, -0.05) is 18.2 Å². The fourth-order valence-corrected chi connectivity index (χ4v) is 3.33. The lowest BCUT2D eigenvalue weighted by Gasteiger charge is -2.12. The zero-order valence-electron chi connectivity index (χ0n) is 16.5. The topological polar surface area (TPSA) is 96.5 Å². The molecule has 3 amide bonds. The number of benzene rings is 2. The van der Waals surface area contributed by atoms with Crippen LogP contribution in [0.2, 0.25) is 0 Å². The number of nitrogens with one attached hydrogen (secondary N) is 3. The lowest BCUT2D eigenvalue weighted by molar-refractivity contribution is -0.115. The quantitative estimate of drug-likeness (QED) is 0.540. The van der Waals surface area contributed by atoms with Crippen molar-refractivity contribution in [2.24, 2.45) is 0 Å². The van der Waals surface area contributed by atoms with Crippen LogP contribution in [0.15, 0.2) is 60.0 Å². The molecule has 30 heavy (non-hydrogen) atoms.